The zero-order chi connectivity index (χ0) is 14.7. The third kappa shape index (κ3) is 3.84. The number of hydrogen-bond donors (Lipinski definition) is 2. The predicted octanol–water partition coefficient (Wildman–Crippen LogP) is 1.74. The van der Waals surface area contributed by atoms with Crippen LogP contribution < -0.4 is 16.0 Å². The first kappa shape index (κ1) is 16.9. The Labute approximate surface area is 137 Å². The van der Waals surface area contributed by atoms with Crippen molar-refractivity contribution >= 4 is 29.7 Å². The quantitative estimate of drug-likeness (QED) is 0.831. The molecule has 0 spiro atoms. The highest BCUT2D eigenvalue weighted by Crippen LogP contribution is 2.30. The van der Waals surface area contributed by atoms with Crippen molar-refractivity contribution in [1.82, 2.24) is 5.32 Å². The zero-order valence-electron chi connectivity index (χ0n) is 12.7. The van der Waals surface area contributed by atoms with Crippen molar-refractivity contribution in [3.05, 3.63) is 23.8 Å². The van der Waals surface area contributed by atoms with Gasteiger partial charge in [0.15, 0.2) is 0 Å². The van der Waals surface area contributed by atoms with E-state index in [4.69, 9.17) is 10.5 Å². The van der Waals surface area contributed by atoms with Crippen LogP contribution >= 0.6 is 12.4 Å². The van der Waals surface area contributed by atoms with Gasteiger partial charge in [0.1, 0.15) is 0 Å². The second-order valence-corrected chi connectivity index (χ2v) is 5.82. The second-order valence-electron chi connectivity index (χ2n) is 5.82. The molecule has 1 amide bonds. The van der Waals surface area contributed by atoms with Crippen LogP contribution in [-0.2, 0) is 16.0 Å². The standard InChI is InChI=1S/C16H23N3O2.ClH/c17-14-4-1-5-15-13(14)3-2-8-19(15)11-16(20)18-12-6-9-21-10-7-12;/h1,4-5,12H,2-3,6-11,17H2,(H,18,20);1H. The Hall–Kier alpha value is -1.46. The Kier molecular flexibility index (Phi) is 5.91. The van der Waals surface area contributed by atoms with E-state index in [2.05, 4.69) is 16.3 Å². The van der Waals surface area contributed by atoms with Gasteiger partial charge in [-0.1, -0.05) is 6.07 Å². The molecule has 5 nitrogen and oxygen atoms in total. The Bertz CT molecular complexity index is 518. The highest BCUT2D eigenvalue weighted by Gasteiger charge is 2.22. The minimum atomic E-state index is 0. The lowest BCUT2D eigenvalue weighted by atomic mass is 10.00. The van der Waals surface area contributed by atoms with Crippen LogP contribution in [-0.4, -0.2) is 38.3 Å². The fourth-order valence-electron chi connectivity index (χ4n) is 3.18. The normalized spacial score (nSPS) is 18.3. The average Bonchev–Trinajstić information content (AvgIpc) is 2.49. The molecule has 22 heavy (non-hydrogen) atoms. The summed E-state index contributed by atoms with van der Waals surface area (Å²) >= 11 is 0. The fourth-order valence-corrected chi connectivity index (χ4v) is 3.18. The molecule has 3 rings (SSSR count). The first-order valence-corrected chi connectivity index (χ1v) is 7.73. The average molecular weight is 326 g/mol. The summed E-state index contributed by atoms with van der Waals surface area (Å²) in [5, 5.41) is 3.12. The van der Waals surface area contributed by atoms with E-state index in [-0.39, 0.29) is 24.4 Å². The van der Waals surface area contributed by atoms with Gasteiger partial charge >= 0.3 is 0 Å². The molecule has 0 saturated carbocycles. The molecule has 0 atom stereocenters. The molecule has 0 bridgehead atoms. The lowest BCUT2D eigenvalue weighted by Gasteiger charge is -2.32. The summed E-state index contributed by atoms with van der Waals surface area (Å²) in [5.41, 5.74) is 9.18. The first-order chi connectivity index (χ1) is 10.2. The van der Waals surface area contributed by atoms with Gasteiger partial charge in [0.05, 0.1) is 6.54 Å². The molecule has 122 valence electrons. The van der Waals surface area contributed by atoms with Crippen LogP contribution in [0.4, 0.5) is 11.4 Å². The molecule has 0 aliphatic carbocycles. The van der Waals surface area contributed by atoms with Crippen LogP contribution in [0.15, 0.2) is 18.2 Å². The molecule has 2 heterocycles. The molecule has 6 heteroatoms. The van der Waals surface area contributed by atoms with E-state index >= 15 is 0 Å². The summed E-state index contributed by atoms with van der Waals surface area (Å²) in [4.78, 5) is 14.4. The number of nitrogens with two attached hydrogens (primary N) is 1. The van der Waals surface area contributed by atoms with Crippen molar-refractivity contribution in [3.63, 3.8) is 0 Å². The highest BCUT2D eigenvalue weighted by atomic mass is 35.5. The predicted molar refractivity (Wildman–Crippen MR) is 90.6 cm³/mol. The lowest BCUT2D eigenvalue weighted by molar-refractivity contribution is -0.121. The van der Waals surface area contributed by atoms with Crippen molar-refractivity contribution in [2.24, 2.45) is 0 Å². The van der Waals surface area contributed by atoms with E-state index in [0.29, 0.717) is 6.54 Å². The van der Waals surface area contributed by atoms with Crippen molar-refractivity contribution in [3.8, 4) is 0 Å². The van der Waals surface area contributed by atoms with Crippen LogP contribution in [0.3, 0.4) is 0 Å². The van der Waals surface area contributed by atoms with Crippen molar-refractivity contribution in [2.75, 3.05) is 36.9 Å². The number of carbonyl (C=O) groups is 1. The Morgan fingerprint density at radius 2 is 2.14 bits per heavy atom. The maximum absolute atomic E-state index is 12.2. The SMILES string of the molecule is Cl.Nc1cccc2c1CCCN2CC(=O)NC1CCOCC1. The number of benzene rings is 1. The van der Waals surface area contributed by atoms with Crippen LogP contribution in [0.5, 0.6) is 0 Å². The zero-order valence-corrected chi connectivity index (χ0v) is 13.5. The summed E-state index contributed by atoms with van der Waals surface area (Å²) in [6, 6.07) is 6.22. The van der Waals surface area contributed by atoms with Gasteiger partial charge < -0.3 is 20.7 Å². The molecule has 3 N–H and O–H groups in total. The summed E-state index contributed by atoms with van der Waals surface area (Å²) < 4.78 is 5.32. The summed E-state index contributed by atoms with van der Waals surface area (Å²) in [6.07, 6.45) is 3.87. The van der Waals surface area contributed by atoms with E-state index in [1.54, 1.807) is 0 Å². The molecule has 0 unspecified atom stereocenters. The van der Waals surface area contributed by atoms with Gasteiger partial charge in [0.25, 0.3) is 0 Å². The smallest absolute Gasteiger partial charge is 0.239 e. The maximum Gasteiger partial charge on any atom is 0.239 e. The van der Waals surface area contributed by atoms with Crippen molar-refractivity contribution in [1.29, 1.82) is 0 Å². The summed E-state index contributed by atoms with van der Waals surface area (Å²) in [5.74, 6) is 0.0946. The number of anilines is 2. The van der Waals surface area contributed by atoms with Gasteiger partial charge in [-0.3, -0.25) is 4.79 Å². The van der Waals surface area contributed by atoms with Gasteiger partial charge in [0, 0.05) is 37.2 Å². The monoisotopic (exact) mass is 325 g/mol. The second kappa shape index (κ2) is 7.70. The minimum Gasteiger partial charge on any atom is -0.398 e. The van der Waals surface area contributed by atoms with Crippen LogP contribution in [0.2, 0.25) is 0 Å². The molecular weight excluding hydrogens is 302 g/mol. The van der Waals surface area contributed by atoms with Gasteiger partial charge in [0.2, 0.25) is 5.91 Å². The summed E-state index contributed by atoms with van der Waals surface area (Å²) in [7, 11) is 0. The minimum absolute atomic E-state index is 0. The van der Waals surface area contributed by atoms with Gasteiger partial charge in [-0.2, -0.15) is 0 Å². The molecule has 1 aromatic rings. The first-order valence-electron chi connectivity index (χ1n) is 7.73. The van der Waals surface area contributed by atoms with Gasteiger partial charge in [-0.15, -0.1) is 12.4 Å². The number of amides is 1. The molecule has 2 aliphatic heterocycles. The van der Waals surface area contributed by atoms with Crippen molar-refractivity contribution < 1.29 is 9.53 Å². The maximum atomic E-state index is 12.2. The van der Waals surface area contributed by atoms with Crippen LogP contribution in [0, 0.1) is 0 Å². The third-order valence-corrected chi connectivity index (χ3v) is 4.30. The van der Waals surface area contributed by atoms with E-state index in [1.165, 1.54) is 5.56 Å². The van der Waals surface area contributed by atoms with Crippen LogP contribution in [0.1, 0.15) is 24.8 Å². The molecule has 0 radical (unpaired) electrons. The van der Waals surface area contributed by atoms with Gasteiger partial charge in [-0.25, -0.2) is 0 Å². The van der Waals surface area contributed by atoms with E-state index in [0.717, 1.165) is 56.8 Å². The highest BCUT2D eigenvalue weighted by molar-refractivity contribution is 5.85. The molecule has 1 saturated heterocycles. The third-order valence-electron chi connectivity index (χ3n) is 4.30. The number of fused-ring (bicyclic) bond motifs is 1. The van der Waals surface area contributed by atoms with Gasteiger partial charge in [-0.05, 0) is 43.4 Å². The lowest BCUT2D eigenvalue weighted by Crippen LogP contribution is -2.45. The van der Waals surface area contributed by atoms with E-state index in [9.17, 15) is 4.79 Å². The molecule has 2 aliphatic rings. The Balaban J connectivity index is 0.00000176. The van der Waals surface area contributed by atoms with Crippen molar-refractivity contribution in [2.45, 2.75) is 31.7 Å². The summed E-state index contributed by atoms with van der Waals surface area (Å²) in [6.45, 7) is 2.81. The topological polar surface area (TPSA) is 67.6 Å². The molecule has 0 aromatic heterocycles. The number of rotatable bonds is 3. The number of halogens is 1. The number of nitrogen functional groups attached to an aromatic ring is 1. The molecular formula is C16H24ClN3O2. The number of nitrogens with one attached hydrogen (secondary N) is 1. The Morgan fingerprint density at radius 1 is 1.36 bits per heavy atom. The molecule has 1 fully saturated rings. The molecule has 1 aromatic carbocycles. The number of carbonyl (C=O) groups excluding carboxylic acids is 1. The van der Waals surface area contributed by atoms with E-state index < -0.39 is 0 Å². The van der Waals surface area contributed by atoms with Crippen LogP contribution in [0.25, 0.3) is 0 Å². The van der Waals surface area contributed by atoms with E-state index in [1.807, 2.05) is 12.1 Å². The fraction of sp³-hybridized carbons (Fsp3) is 0.562. The number of ether oxygens (including phenoxy) is 1. The largest absolute Gasteiger partial charge is 0.398 e. The number of nitrogens with zero attached hydrogens (tertiary/aromatic N) is 1. The number of hydrogen-bond acceptors (Lipinski definition) is 4. The Morgan fingerprint density at radius 3 is 2.91 bits per heavy atom.